The largest absolute Gasteiger partial charge is 0.417 e. The number of fused-ring (bicyclic) bond motifs is 6. The summed E-state index contributed by atoms with van der Waals surface area (Å²) < 4.78 is 50.1. The van der Waals surface area contributed by atoms with Gasteiger partial charge in [-0.15, -0.1) is 0 Å². The maximum absolute atomic E-state index is 15.2. The van der Waals surface area contributed by atoms with E-state index in [-0.39, 0.29) is 11.1 Å². The van der Waals surface area contributed by atoms with E-state index in [0.717, 1.165) is 77.6 Å². The molecule has 11 rings (SSSR count). The maximum Gasteiger partial charge on any atom is 0.417 e. The summed E-state index contributed by atoms with van der Waals surface area (Å²) in [6.07, 6.45) is -4.78. The molecule has 0 spiro atoms. The van der Waals surface area contributed by atoms with Gasteiger partial charge in [-0.3, -0.25) is 0 Å². The van der Waals surface area contributed by atoms with Crippen LogP contribution < -0.4 is 0 Å². The van der Waals surface area contributed by atoms with Gasteiger partial charge in [-0.05, 0) is 157 Å². The van der Waals surface area contributed by atoms with Gasteiger partial charge in [0, 0.05) is 32.8 Å². The molecule has 2 heterocycles. The highest BCUT2D eigenvalue weighted by molar-refractivity contribution is 6.12. The van der Waals surface area contributed by atoms with Crippen LogP contribution in [0.4, 0.5) is 13.2 Å². The first-order valence-corrected chi connectivity index (χ1v) is 22.4. The van der Waals surface area contributed by atoms with Gasteiger partial charge in [-0.25, -0.2) is 0 Å². The van der Waals surface area contributed by atoms with Crippen molar-refractivity contribution < 1.29 is 13.2 Å². The minimum absolute atomic E-state index is 0.0768. The Bertz CT molecular complexity index is 3980. The van der Waals surface area contributed by atoms with Crippen molar-refractivity contribution in [3.8, 4) is 68.0 Å². The van der Waals surface area contributed by atoms with Crippen molar-refractivity contribution >= 4 is 43.6 Å². The second-order valence-electron chi connectivity index (χ2n) is 17.7. The average Bonchev–Trinajstić information content (AvgIpc) is 3.85. The maximum atomic E-state index is 15.2. The van der Waals surface area contributed by atoms with Gasteiger partial charge in [-0.1, -0.05) is 108 Å². The molecule has 7 heteroatoms. The van der Waals surface area contributed by atoms with E-state index >= 15 is 13.2 Å². The van der Waals surface area contributed by atoms with E-state index in [4.69, 9.17) is 0 Å². The molecule has 326 valence electrons. The summed E-state index contributed by atoms with van der Waals surface area (Å²) in [6, 6.07) is 61.1. The third-order valence-corrected chi connectivity index (χ3v) is 13.4. The molecular weight excluding hydrogens is 846 g/mol. The van der Waals surface area contributed by atoms with Crippen LogP contribution in [0.25, 0.3) is 99.5 Å². The molecule has 0 atom stereocenters. The van der Waals surface area contributed by atoms with Crippen LogP contribution in [-0.2, 0) is 6.18 Å². The number of hydrogen-bond acceptors (Lipinski definition) is 2. The number of benzene rings is 9. The summed E-state index contributed by atoms with van der Waals surface area (Å²) in [4.78, 5) is 0. The van der Waals surface area contributed by atoms with E-state index in [1.807, 2.05) is 48.5 Å². The Morgan fingerprint density at radius 3 is 1.47 bits per heavy atom. The molecule has 0 aliphatic carbocycles. The summed E-state index contributed by atoms with van der Waals surface area (Å²) in [6.45, 7) is 8.41. The first kappa shape index (κ1) is 42.0. The van der Waals surface area contributed by atoms with Crippen LogP contribution in [0.5, 0.6) is 0 Å². The lowest BCUT2D eigenvalue weighted by atomic mass is 9.89. The van der Waals surface area contributed by atoms with Crippen LogP contribution in [-0.4, -0.2) is 9.13 Å². The molecule has 0 unspecified atom stereocenters. The molecule has 4 nitrogen and oxygen atoms in total. The third-order valence-electron chi connectivity index (χ3n) is 13.4. The van der Waals surface area contributed by atoms with Crippen molar-refractivity contribution in [2.75, 3.05) is 0 Å². The first-order valence-electron chi connectivity index (χ1n) is 22.4. The molecule has 0 bridgehead atoms. The first-order chi connectivity index (χ1) is 32.9. The molecule has 0 aliphatic rings. The molecule has 0 saturated heterocycles. The van der Waals surface area contributed by atoms with E-state index in [9.17, 15) is 10.5 Å². The molecule has 0 aliphatic heterocycles. The monoisotopic (exact) mass is 886 g/mol. The fraction of sp³-hybridized carbons (Fsp3) is 0.0820. The van der Waals surface area contributed by atoms with Crippen molar-refractivity contribution in [3.63, 3.8) is 0 Å². The highest BCUT2D eigenvalue weighted by Crippen LogP contribution is 2.46. The number of nitriles is 2. The zero-order valence-corrected chi connectivity index (χ0v) is 37.7. The van der Waals surface area contributed by atoms with Crippen molar-refractivity contribution in [2.45, 2.75) is 33.9 Å². The summed E-state index contributed by atoms with van der Waals surface area (Å²) in [5, 5.41) is 24.3. The number of hydrogen-bond donors (Lipinski definition) is 0. The average molecular weight is 887 g/mol. The number of aromatic nitrogens is 2. The van der Waals surface area contributed by atoms with Gasteiger partial charge in [0.05, 0.1) is 56.6 Å². The van der Waals surface area contributed by atoms with E-state index in [1.54, 1.807) is 18.2 Å². The SMILES string of the molecule is Cc1ccc(-c2ccc3c(c2)c2ccccc2n3-c2ccc(-c3ccc(C#N)cc3C(F)(F)F)c(-c3cc(C#N)ccc3-n3c4ccccc4c4cc(-c5ccc(C)cc5C)ccc43)c2)c(C)c1. The zero-order valence-electron chi connectivity index (χ0n) is 37.7. The molecule has 9 aromatic carbocycles. The molecule has 0 N–H and O–H groups in total. The van der Waals surface area contributed by atoms with Gasteiger partial charge in [0.1, 0.15) is 0 Å². The van der Waals surface area contributed by atoms with Crippen molar-refractivity contribution in [1.82, 2.24) is 9.13 Å². The highest BCUT2D eigenvalue weighted by atomic mass is 19.4. The van der Waals surface area contributed by atoms with Gasteiger partial charge < -0.3 is 9.13 Å². The minimum atomic E-state index is -4.78. The summed E-state index contributed by atoms with van der Waals surface area (Å²) >= 11 is 0. The van der Waals surface area contributed by atoms with Gasteiger partial charge in [0.15, 0.2) is 0 Å². The number of rotatable bonds is 6. The predicted octanol–water partition coefficient (Wildman–Crippen LogP) is 16.5. The molecule has 0 fully saturated rings. The van der Waals surface area contributed by atoms with Crippen LogP contribution in [0.15, 0.2) is 176 Å². The molecule has 0 amide bonds. The number of para-hydroxylation sites is 2. The van der Waals surface area contributed by atoms with Gasteiger partial charge in [0.2, 0.25) is 0 Å². The molecular formula is C61H41F3N4. The van der Waals surface area contributed by atoms with Crippen LogP contribution in [0.3, 0.4) is 0 Å². The lowest BCUT2D eigenvalue weighted by molar-refractivity contribution is -0.137. The van der Waals surface area contributed by atoms with E-state index in [1.165, 1.54) is 34.4 Å². The molecule has 2 aromatic heterocycles. The standard InChI is InChI=1S/C61H41F3N4/c1-36-13-20-45(38(3)27-36)42-17-25-58-53(31-42)49-9-5-7-11-56(49)67(58)44-19-23-47(48-22-15-41(35-66)30-55(48)61(62,63)64)51(33-44)52-29-40(34-65)16-24-59(52)68-57-12-8-6-10-50(57)54-32-43(18-26-60(54)68)46-21-14-37(2)28-39(46)4/h5-33H,1-4H3. The predicted molar refractivity (Wildman–Crippen MR) is 270 cm³/mol. The quantitative estimate of drug-likeness (QED) is 0.167. The fourth-order valence-corrected chi connectivity index (χ4v) is 10.3. The van der Waals surface area contributed by atoms with E-state index in [0.29, 0.717) is 27.9 Å². The van der Waals surface area contributed by atoms with Crippen molar-refractivity contribution in [2.24, 2.45) is 0 Å². The van der Waals surface area contributed by atoms with Crippen molar-refractivity contribution in [1.29, 1.82) is 10.5 Å². The lowest BCUT2D eigenvalue weighted by Gasteiger charge is -2.21. The topological polar surface area (TPSA) is 57.4 Å². The second-order valence-corrected chi connectivity index (χ2v) is 17.7. The number of halogens is 3. The van der Waals surface area contributed by atoms with Crippen LogP contribution in [0.1, 0.15) is 38.9 Å². The third kappa shape index (κ3) is 6.91. The summed E-state index contributed by atoms with van der Waals surface area (Å²) in [5.74, 6) is 0. The Balaban J connectivity index is 1.21. The summed E-state index contributed by atoms with van der Waals surface area (Å²) in [5.41, 5.74) is 14.8. The number of nitrogens with zero attached hydrogens (tertiary/aromatic N) is 4. The number of alkyl halides is 3. The van der Waals surface area contributed by atoms with E-state index < -0.39 is 11.7 Å². The molecule has 68 heavy (non-hydrogen) atoms. The van der Waals surface area contributed by atoms with Crippen LogP contribution in [0.2, 0.25) is 0 Å². The Labute approximate surface area is 391 Å². The normalized spacial score (nSPS) is 11.7. The lowest BCUT2D eigenvalue weighted by Crippen LogP contribution is -2.08. The van der Waals surface area contributed by atoms with Gasteiger partial charge in [-0.2, -0.15) is 23.7 Å². The molecule has 11 aromatic rings. The van der Waals surface area contributed by atoms with E-state index in [2.05, 4.69) is 140 Å². The minimum Gasteiger partial charge on any atom is -0.309 e. The van der Waals surface area contributed by atoms with Gasteiger partial charge in [0.25, 0.3) is 0 Å². The van der Waals surface area contributed by atoms with Crippen LogP contribution in [0, 0.1) is 50.4 Å². The molecule has 0 saturated carbocycles. The Morgan fingerprint density at radius 1 is 0.397 bits per heavy atom. The number of aryl methyl sites for hydroxylation is 4. The Hall–Kier alpha value is -8.65. The molecule has 0 radical (unpaired) electrons. The highest BCUT2D eigenvalue weighted by Gasteiger charge is 2.35. The van der Waals surface area contributed by atoms with Gasteiger partial charge >= 0.3 is 6.18 Å². The fourth-order valence-electron chi connectivity index (χ4n) is 10.3. The Morgan fingerprint density at radius 2 is 0.897 bits per heavy atom. The smallest absolute Gasteiger partial charge is 0.309 e. The Kier molecular flexibility index (Phi) is 9.92. The van der Waals surface area contributed by atoms with Crippen LogP contribution >= 0.6 is 0 Å². The summed E-state index contributed by atoms with van der Waals surface area (Å²) in [7, 11) is 0. The van der Waals surface area contributed by atoms with Crippen molar-refractivity contribution in [3.05, 3.63) is 215 Å². The zero-order chi connectivity index (χ0) is 47.0. The second kappa shape index (κ2) is 16.0.